The van der Waals surface area contributed by atoms with Crippen LogP contribution in [0.15, 0.2) is 23.1 Å². The van der Waals surface area contributed by atoms with Crippen LogP contribution in [0.3, 0.4) is 0 Å². The molecular weight excluding hydrogens is 328 g/mol. The van der Waals surface area contributed by atoms with Crippen molar-refractivity contribution >= 4 is 21.9 Å². The maximum atomic E-state index is 12.6. The van der Waals surface area contributed by atoms with Crippen molar-refractivity contribution in [3.63, 3.8) is 0 Å². The summed E-state index contributed by atoms with van der Waals surface area (Å²) in [6.07, 6.45) is -1.12. The van der Waals surface area contributed by atoms with Crippen molar-refractivity contribution in [2.75, 3.05) is 26.8 Å². The van der Waals surface area contributed by atoms with Gasteiger partial charge < -0.3 is 19.5 Å². The fourth-order valence-electron chi connectivity index (χ4n) is 2.18. The van der Waals surface area contributed by atoms with Crippen LogP contribution in [0.1, 0.15) is 10.4 Å². The van der Waals surface area contributed by atoms with Gasteiger partial charge >= 0.3 is 5.97 Å². The lowest BCUT2D eigenvalue weighted by Crippen LogP contribution is -2.48. The van der Waals surface area contributed by atoms with Crippen molar-refractivity contribution in [1.29, 1.82) is 0 Å². The van der Waals surface area contributed by atoms with E-state index in [1.807, 2.05) is 0 Å². The highest BCUT2D eigenvalue weighted by Crippen LogP contribution is 2.24. The molecule has 10 heteroatoms. The minimum absolute atomic E-state index is 0.00920. The second-order valence-corrected chi connectivity index (χ2v) is 6.42. The van der Waals surface area contributed by atoms with Crippen LogP contribution in [0.5, 0.6) is 5.75 Å². The first kappa shape index (κ1) is 17.2. The summed E-state index contributed by atoms with van der Waals surface area (Å²) in [5.74, 6) is -1.56. The van der Waals surface area contributed by atoms with Gasteiger partial charge in [-0.25, -0.2) is 18.4 Å². The van der Waals surface area contributed by atoms with Crippen LogP contribution in [-0.4, -0.2) is 63.2 Å². The lowest BCUT2D eigenvalue weighted by atomic mass is 10.1. The number of benzene rings is 1. The van der Waals surface area contributed by atoms with Crippen LogP contribution in [0.25, 0.3) is 0 Å². The minimum Gasteiger partial charge on any atom is -0.496 e. The molecule has 3 N–H and O–H groups in total. The molecule has 126 valence electrons. The van der Waals surface area contributed by atoms with Crippen molar-refractivity contribution in [2.45, 2.75) is 11.0 Å². The Labute approximate surface area is 132 Å². The average molecular weight is 344 g/mol. The number of morpholine rings is 1. The molecule has 1 fully saturated rings. The first-order chi connectivity index (χ1) is 10.7. The molecule has 2 rings (SSSR count). The van der Waals surface area contributed by atoms with Crippen LogP contribution in [0.2, 0.25) is 0 Å². The highest BCUT2D eigenvalue weighted by atomic mass is 32.2. The van der Waals surface area contributed by atoms with Crippen molar-refractivity contribution in [2.24, 2.45) is 5.14 Å². The molecule has 0 aliphatic carbocycles. The Kier molecular flexibility index (Phi) is 4.88. The Morgan fingerprint density at radius 2 is 2.13 bits per heavy atom. The lowest BCUT2D eigenvalue weighted by Gasteiger charge is -2.31. The van der Waals surface area contributed by atoms with Gasteiger partial charge in [0.1, 0.15) is 5.75 Å². The number of carbonyl (C=O) groups is 2. The summed E-state index contributed by atoms with van der Waals surface area (Å²) in [7, 11) is -2.65. The number of sulfonamides is 1. The maximum absolute atomic E-state index is 12.6. The van der Waals surface area contributed by atoms with E-state index >= 15 is 0 Å². The molecule has 1 amide bonds. The van der Waals surface area contributed by atoms with Gasteiger partial charge in [0, 0.05) is 6.54 Å². The number of nitrogens with two attached hydrogens (primary N) is 1. The van der Waals surface area contributed by atoms with Crippen LogP contribution in [0, 0.1) is 0 Å². The van der Waals surface area contributed by atoms with Crippen LogP contribution in [-0.2, 0) is 19.6 Å². The minimum atomic E-state index is -3.98. The highest BCUT2D eigenvalue weighted by Gasteiger charge is 2.31. The van der Waals surface area contributed by atoms with Crippen molar-refractivity contribution < 1.29 is 32.6 Å². The zero-order valence-corrected chi connectivity index (χ0v) is 13.1. The highest BCUT2D eigenvalue weighted by molar-refractivity contribution is 7.89. The van der Waals surface area contributed by atoms with E-state index < -0.39 is 28.0 Å². The summed E-state index contributed by atoms with van der Waals surface area (Å²) in [4.78, 5) is 24.6. The lowest BCUT2D eigenvalue weighted by molar-refractivity contribution is -0.154. The number of hydrogen-bond donors (Lipinski definition) is 2. The quantitative estimate of drug-likeness (QED) is 0.734. The fourth-order valence-corrected chi connectivity index (χ4v) is 2.72. The number of carboxylic acids is 1. The first-order valence-corrected chi connectivity index (χ1v) is 8.13. The standard InChI is InChI=1S/C13H16N2O7S/c1-21-10-3-2-8(23(14,19)20)6-9(10)12(16)15-4-5-22-11(7-15)13(17)18/h2-3,6,11H,4-5,7H2,1H3,(H,17,18)(H2,14,19,20). The maximum Gasteiger partial charge on any atom is 0.334 e. The number of hydrogen-bond acceptors (Lipinski definition) is 6. The van der Waals surface area contributed by atoms with E-state index in [4.69, 9.17) is 19.7 Å². The van der Waals surface area contributed by atoms with E-state index in [0.717, 1.165) is 6.07 Å². The van der Waals surface area contributed by atoms with Gasteiger partial charge in [-0.3, -0.25) is 4.79 Å². The topological polar surface area (TPSA) is 136 Å². The summed E-state index contributed by atoms with van der Waals surface area (Å²) >= 11 is 0. The molecule has 23 heavy (non-hydrogen) atoms. The summed E-state index contributed by atoms with van der Waals surface area (Å²) in [5.41, 5.74) is -0.00920. The molecule has 0 saturated carbocycles. The third-order valence-electron chi connectivity index (χ3n) is 3.36. The second-order valence-electron chi connectivity index (χ2n) is 4.86. The van der Waals surface area contributed by atoms with Gasteiger partial charge in [-0.05, 0) is 18.2 Å². The smallest absolute Gasteiger partial charge is 0.334 e. The summed E-state index contributed by atoms with van der Waals surface area (Å²) < 4.78 is 33.0. The van der Waals surface area contributed by atoms with Gasteiger partial charge in [-0.15, -0.1) is 0 Å². The van der Waals surface area contributed by atoms with Gasteiger partial charge in [0.2, 0.25) is 10.0 Å². The van der Waals surface area contributed by atoms with E-state index in [1.165, 1.54) is 24.1 Å². The molecule has 0 spiro atoms. The van der Waals surface area contributed by atoms with Gasteiger partial charge in [0.25, 0.3) is 5.91 Å². The Morgan fingerprint density at radius 1 is 1.43 bits per heavy atom. The third-order valence-corrected chi connectivity index (χ3v) is 4.27. The molecule has 1 aliphatic rings. The van der Waals surface area contributed by atoms with Gasteiger partial charge in [0.05, 0.1) is 30.7 Å². The summed E-state index contributed by atoms with van der Waals surface area (Å²) in [6, 6.07) is 3.66. The molecule has 1 heterocycles. The van der Waals surface area contributed by atoms with E-state index in [0.29, 0.717) is 0 Å². The van der Waals surface area contributed by atoms with Crippen molar-refractivity contribution in [3.8, 4) is 5.75 Å². The third kappa shape index (κ3) is 3.78. The Bertz CT molecular complexity index is 732. The molecule has 9 nitrogen and oxygen atoms in total. The average Bonchev–Trinajstić information content (AvgIpc) is 2.52. The zero-order chi connectivity index (χ0) is 17.2. The SMILES string of the molecule is COc1ccc(S(N)(=O)=O)cc1C(=O)N1CCOC(C(=O)O)C1. The Morgan fingerprint density at radius 3 is 2.70 bits per heavy atom. The number of ether oxygens (including phenoxy) is 2. The predicted molar refractivity (Wildman–Crippen MR) is 77.6 cm³/mol. The molecule has 1 unspecified atom stereocenters. The molecule has 1 aromatic carbocycles. The number of rotatable bonds is 4. The number of carbonyl (C=O) groups excluding carboxylic acids is 1. The van der Waals surface area contributed by atoms with E-state index in [-0.39, 0.29) is 35.9 Å². The van der Waals surface area contributed by atoms with Crippen LogP contribution in [0.4, 0.5) is 0 Å². The summed E-state index contributed by atoms with van der Waals surface area (Å²) in [5, 5.41) is 14.0. The van der Waals surface area contributed by atoms with Crippen molar-refractivity contribution in [3.05, 3.63) is 23.8 Å². The monoisotopic (exact) mass is 344 g/mol. The first-order valence-electron chi connectivity index (χ1n) is 6.58. The largest absolute Gasteiger partial charge is 0.496 e. The van der Waals surface area contributed by atoms with Gasteiger partial charge in [-0.1, -0.05) is 0 Å². The van der Waals surface area contributed by atoms with Crippen molar-refractivity contribution in [1.82, 2.24) is 4.90 Å². The number of nitrogens with zero attached hydrogens (tertiary/aromatic N) is 1. The second kappa shape index (κ2) is 6.52. The van der Waals surface area contributed by atoms with E-state index in [9.17, 15) is 18.0 Å². The van der Waals surface area contributed by atoms with Crippen LogP contribution < -0.4 is 9.88 Å². The fraction of sp³-hybridized carbons (Fsp3) is 0.385. The zero-order valence-electron chi connectivity index (χ0n) is 12.3. The normalized spacial score (nSPS) is 18.5. The molecule has 1 aromatic rings. The number of aliphatic carboxylic acids is 1. The Hall–Kier alpha value is -2.17. The number of primary sulfonamides is 1. The van der Waals surface area contributed by atoms with E-state index in [1.54, 1.807) is 0 Å². The van der Waals surface area contributed by atoms with E-state index in [2.05, 4.69) is 0 Å². The van der Waals surface area contributed by atoms with Crippen LogP contribution >= 0.6 is 0 Å². The molecule has 1 aliphatic heterocycles. The number of amides is 1. The van der Waals surface area contributed by atoms with Gasteiger partial charge in [-0.2, -0.15) is 0 Å². The molecule has 1 saturated heterocycles. The molecule has 0 aromatic heterocycles. The summed E-state index contributed by atoms with van der Waals surface area (Å²) in [6.45, 7) is 0.113. The van der Waals surface area contributed by atoms with Gasteiger partial charge in [0.15, 0.2) is 6.10 Å². The predicted octanol–water partition coefficient (Wildman–Crippen LogP) is -0.732. The number of carboxylic acid groups (broad SMARTS) is 1. The molecule has 0 radical (unpaired) electrons. The Balaban J connectivity index is 2.36. The molecule has 0 bridgehead atoms. The number of methoxy groups -OCH3 is 1. The molecular formula is C13H16N2O7S. The molecule has 1 atom stereocenters.